The van der Waals surface area contributed by atoms with Gasteiger partial charge < -0.3 is 15.5 Å². The number of rotatable bonds is 3. The third-order valence-corrected chi connectivity index (χ3v) is 6.05. The minimum atomic E-state index is -3.33. The monoisotopic (exact) mass is 352 g/mol. The topological polar surface area (TPSA) is 87.0 Å². The van der Waals surface area contributed by atoms with Crippen LogP contribution in [0.5, 0.6) is 0 Å². The van der Waals surface area contributed by atoms with Crippen LogP contribution in [0.15, 0.2) is 24.3 Å². The average Bonchev–Trinajstić information content (AvgIpc) is 3.05. The highest BCUT2D eigenvalue weighted by molar-refractivity contribution is 7.88. The molecule has 0 spiro atoms. The Morgan fingerprint density at radius 3 is 2.29 bits per heavy atom. The summed E-state index contributed by atoms with van der Waals surface area (Å²) in [6.07, 6.45) is 2.54. The van der Waals surface area contributed by atoms with Crippen LogP contribution in [0.4, 0.5) is 11.4 Å². The molecule has 0 bridgehead atoms. The molecule has 24 heavy (non-hydrogen) atoms. The van der Waals surface area contributed by atoms with Gasteiger partial charge in [-0.25, -0.2) is 8.42 Å². The van der Waals surface area contributed by atoms with E-state index in [2.05, 4.69) is 4.90 Å². The van der Waals surface area contributed by atoms with Gasteiger partial charge in [0.15, 0.2) is 0 Å². The molecule has 0 unspecified atom stereocenters. The third-order valence-electron chi connectivity index (χ3n) is 4.76. The quantitative estimate of drug-likeness (QED) is 0.793. The zero-order valence-corrected chi connectivity index (χ0v) is 14.7. The highest BCUT2D eigenvalue weighted by Crippen LogP contribution is 2.24. The van der Waals surface area contributed by atoms with Crippen molar-refractivity contribution in [3.05, 3.63) is 24.3 Å². The number of hydrogen-bond acceptors (Lipinski definition) is 5. The molecular formula is C16H24N4O3S. The van der Waals surface area contributed by atoms with Gasteiger partial charge in [0.1, 0.15) is 6.04 Å². The molecule has 0 aliphatic carbocycles. The molecule has 1 aromatic carbocycles. The van der Waals surface area contributed by atoms with Crippen molar-refractivity contribution >= 4 is 27.3 Å². The van der Waals surface area contributed by atoms with Crippen LogP contribution in [0.25, 0.3) is 0 Å². The van der Waals surface area contributed by atoms with E-state index in [0.717, 1.165) is 30.9 Å². The first-order valence-electron chi connectivity index (χ1n) is 8.22. The molecule has 0 aromatic heterocycles. The van der Waals surface area contributed by atoms with Gasteiger partial charge in [-0.1, -0.05) is 0 Å². The number of hydrogen-bond donors (Lipinski definition) is 1. The predicted molar refractivity (Wildman–Crippen MR) is 94.2 cm³/mol. The number of piperazine rings is 1. The van der Waals surface area contributed by atoms with Crippen molar-refractivity contribution in [1.82, 2.24) is 9.21 Å². The van der Waals surface area contributed by atoms with Crippen molar-refractivity contribution in [2.75, 3.05) is 49.6 Å². The van der Waals surface area contributed by atoms with Crippen molar-refractivity contribution in [3.8, 4) is 0 Å². The number of carbonyl (C=O) groups excluding carboxylic acids is 1. The average molecular weight is 352 g/mol. The van der Waals surface area contributed by atoms with Gasteiger partial charge in [-0.2, -0.15) is 4.31 Å². The third kappa shape index (κ3) is 3.49. The van der Waals surface area contributed by atoms with Crippen molar-refractivity contribution < 1.29 is 13.2 Å². The first-order valence-corrected chi connectivity index (χ1v) is 10.1. The fraction of sp³-hybridized carbons (Fsp3) is 0.562. The second-order valence-electron chi connectivity index (χ2n) is 6.44. The molecule has 1 atom stereocenters. The van der Waals surface area contributed by atoms with Crippen LogP contribution in [0.1, 0.15) is 12.8 Å². The number of nitrogens with two attached hydrogens (primary N) is 1. The Hall–Kier alpha value is -1.80. The number of nitrogens with zero attached hydrogens (tertiary/aromatic N) is 3. The van der Waals surface area contributed by atoms with Crippen molar-refractivity contribution in [2.45, 2.75) is 18.9 Å². The van der Waals surface area contributed by atoms with E-state index < -0.39 is 16.1 Å². The summed E-state index contributed by atoms with van der Waals surface area (Å²) in [6, 6.07) is 7.18. The number of anilines is 2. The van der Waals surface area contributed by atoms with Gasteiger partial charge in [0.25, 0.3) is 0 Å². The molecule has 3 rings (SSSR count). The predicted octanol–water partition coefficient (Wildman–Crippen LogP) is 0.341. The first kappa shape index (κ1) is 17.0. The molecule has 7 nitrogen and oxygen atoms in total. The maximum absolute atomic E-state index is 12.7. The van der Waals surface area contributed by atoms with E-state index in [1.165, 1.54) is 10.6 Å². The minimum Gasteiger partial charge on any atom is -0.399 e. The van der Waals surface area contributed by atoms with Crippen molar-refractivity contribution in [1.29, 1.82) is 0 Å². The lowest BCUT2D eigenvalue weighted by molar-refractivity contribution is -0.134. The lowest BCUT2D eigenvalue weighted by atomic mass is 10.1. The Balaban J connectivity index is 1.62. The molecule has 132 valence electrons. The van der Waals surface area contributed by atoms with Crippen molar-refractivity contribution in [2.24, 2.45) is 0 Å². The molecule has 2 heterocycles. The molecule has 2 saturated heterocycles. The maximum Gasteiger partial charge on any atom is 0.241 e. The Morgan fingerprint density at radius 1 is 1.08 bits per heavy atom. The van der Waals surface area contributed by atoms with E-state index >= 15 is 0 Å². The molecule has 2 N–H and O–H groups in total. The minimum absolute atomic E-state index is 0.0603. The lowest BCUT2D eigenvalue weighted by Crippen LogP contribution is -2.54. The number of nitrogen functional groups attached to an aromatic ring is 1. The number of amides is 1. The molecule has 0 saturated carbocycles. The second kappa shape index (κ2) is 6.60. The standard InChI is InChI=1S/C16H24N4O3S/c1-24(22,23)20-8-2-3-15(20)16(21)19-11-9-18(10-12-19)14-6-4-13(17)5-7-14/h4-7,15H,2-3,8-12,17H2,1H3/t15-/m0/s1. The van der Waals surface area contributed by atoms with Gasteiger partial charge in [-0.3, -0.25) is 4.79 Å². The molecule has 2 aliphatic heterocycles. The summed E-state index contributed by atoms with van der Waals surface area (Å²) in [7, 11) is -3.33. The molecule has 1 amide bonds. The van der Waals surface area contributed by atoms with Crippen molar-refractivity contribution in [3.63, 3.8) is 0 Å². The molecule has 1 aromatic rings. The Bertz CT molecular complexity index is 697. The van der Waals surface area contributed by atoms with Crippen LogP contribution in [-0.4, -0.2) is 68.6 Å². The van der Waals surface area contributed by atoms with Crippen LogP contribution in [0, 0.1) is 0 Å². The van der Waals surface area contributed by atoms with E-state index in [-0.39, 0.29) is 5.91 Å². The lowest BCUT2D eigenvalue weighted by Gasteiger charge is -2.38. The zero-order chi connectivity index (χ0) is 17.3. The summed E-state index contributed by atoms with van der Waals surface area (Å²) in [5.41, 5.74) is 7.53. The summed E-state index contributed by atoms with van der Waals surface area (Å²) in [6.45, 7) is 3.14. The van der Waals surface area contributed by atoms with E-state index in [1.54, 1.807) is 4.90 Å². The normalized spacial score (nSPS) is 22.8. The summed E-state index contributed by atoms with van der Waals surface area (Å²) < 4.78 is 25.0. The van der Waals surface area contributed by atoms with Crippen LogP contribution in [0.3, 0.4) is 0 Å². The Morgan fingerprint density at radius 2 is 1.71 bits per heavy atom. The fourth-order valence-electron chi connectivity index (χ4n) is 3.46. The number of sulfonamides is 1. The summed E-state index contributed by atoms with van der Waals surface area (Å²) >= 11 is 0. The van der Waals surface area contributed by atoms with Gasteiger partial charge in [0, 0.05) is 44.1 Å². The number of benzene rings is 1. The summed E-state index contributed by atoms with van der Waals surface area (Å²) in [5, 5.41) is 0. The van der Waals surface area contributed by atoms with E-state index in [4.69, 9.17) is 5.73 Å². The van der Waals surface area contributed by atoms with Crippen LogP contribution >= 0.6 is 0 Å². The van der Waals surface area contributed by atoms with Gasteiger partial charge in [-0.15, -0.1) is 0 Å². The van der Waals surface area contributed by atoms with Gasteiger partial charge in [0.05, 0.1) is 6.26 Å². The van der Waals surface area contributed by atoms with Gasteiger partial charge in [-0.05, 0) is 37.1 Å². The molecule has 0 radical (unpaired) electrons. The number of carbonyl (C=O) groups is 1. The zero-order valence-electron chi connectivity index (χ0n) is 13.9. The largest absolute Gasteiger partial charge is 0.399 e. The maximum atomic E-state index is 12.7. The fourth-order valence-corrected chi connectivity index (χ4v) is 4.58. The van der Waals surface area contributed by atoms with Gasteiger partial charge >= 0.3 is 0 Å². The Labute approximate surface area is 143 Å². The SMILES string of the molecule is CS(=O)(=O)N1CCC[C@H]1C(=O)N1CCN(c2ccc(N)cc2)CC1. The van der Waals surface area contributed by atoms with Crippen LogP contribution in [0.2, 0.25) is 0 Å². The van der Waals surface area contributed by atoms with Gasteiger partial charge in [0.2, 0.25) is 15.9 Å². The molecule has 8 heteroatoms. The second-order valence-corrected chi connectivity index (χ2v) is 8.37. The molecule has 2 aliphatic rings. The smallest absolute Gasteiger partial charge is 0.241 e. The van der Waals surface area contributed by atoms with Crippen LogP contribution < -0.4 is 10.6 Å². The molecule has 2 fully saturated rings. The van der Waals surface area contributed by atoms with E-state index in [1.807, 2.05) is 24.3 Å². The van der Waals surface area contributed by atoms with Crippen LogP contribution in [-0.2, 0) is 14.8 Å². The van der Waals surface area contributed by atoms with E-state index in [0.29, 0.717) is 26.1 Å². The highest BCUT2D eigenvalue weighted by atomic mass is 32.2. The molecular weight excluding hydrogens is 328 g/mol. The Kier molecular flexibility index (Phi) is 4.69. The van der Waals surface area contributed by atoms with E-state index in [9.17, 15) is 13.2 Å². The first-order chi connectivity index (χ1) is 11.4. The highest BCUT2D eigenvalue weighted by Gasteiger charge is 2.39. The summed E-state index contributed by atoms with van der Waals surface area (Å²) in [5.74, 6) is -0.0603. The summed E-state index contributed by atoms with van der Waals surface area (Å²) in [4.78, 5) is 16.7.